The van der Waals surface area contributed by atoms with Crippen LogP contribution < -0.4 is 14.8 Å². The van der Waals surface area contributed by atoms with Crippen LogP contribution in [0.3, 0.4) is 0 Å². The largest absolute Gasteiger partial charge is 0.493 e. The van der Waals surface area contributed by atoms with Gasteiger partial charge in [-0.3, -0.25) is 14.6 Å². The van der Waals surface area contributed by atoms with Crippen molar-refractivity contribution in [1.29, 1.82) is 0 Å². The summed E-state index contributed by atoms with van der Waals surface area (Å²) in [5.41, 5.74) is 1.16. The van der Waals surface area contributed by atoms with Crippen LogP contribution in [0.15, 0.2) is 18.2 Å². The van der Waals surface area contributed by atoms with Crippen molar-refractivity contribution >= 4 is 5.91 Å². The Labute approximate surface area is 197 Å². The van der Waals surface area contributed by atoms with Crippen molar-refractivity contribution in [3.8, 4) is 11.5 Å². The Balaban J connectivity index is 1.41. The molecule has 0 aromatic heterocycles. The zero-order valence-corrected chi connectivity index (χ0v) is 20.1. The lowest BCUT2D eigenvalue weighted by Gasteiger charge is -2.40. The first kappa shape index (κ1) is 24.3. The van der Waals surface area contributed by atoms with Gasteiger partial charge in [-0.15, -0.1) is 0 Å². The molecular formula is C25H39N3O5. The molecule has 0 bridgehead atoms. The molecule has 0 spiro atoms. The minimum Gasteiger partial charge on any atom is -0.493 e. The Morgan fingerprint density at radius 1 is 1.09 bits per heavy atom. The molecule has 3 aliphatic rings. The van der Waals surface area contributed by atoms with Crippen molar-refractivity contribution in [3.05, 3.63) is 23.8 Å². The van der Waals surface area contributed by atoms with Crippen molar-refractivity contribution in [1.82, 2.24) is 15.1 Å². The number of nitrogens with one attached hydrogen (secondary N) is 1. The highest BCUT2D eigenvalue weighted by Gasteiger charge is 2.33. The Bertz CT molecular complexity index is 764. The van der Waals surface area contributed by atoms with Crippen molar-refractivity contribution in [2.24, 2.45) is 11.8 Å². The molecule has 0 radical (unpaired) electrons. The fourth-order valence-electron chi connectivity index (χ4n) is 5.30. The van der Waals surface area contributed by atoms with Crippen LogP contribution >= 0.6 is 0 Å². The van der Waals surface area contributed by atoms with Crippen molar-refractivity contribution in [3.63, 3.8) is 0 Å². The van der Waals surface area contributed by atoms with Crippen LogP contribution in [-0.4, -0.2) is 95.1 Å². The predicted molar refractivity (Wildman–Crippen MR) is 126 cm³/mol. The van der Waals surface area contributed by atoms with E-state index in [1.54, 1.807) is 14.2 Å². The Morgan fingerprint density at radius 2 is 1.91 bits per heavy atom. The molecule has 3 fully saturated rings. The minimum atomic E-state index is -0.00802. The molecule has 1 aromatic rings. The zero-order chi connectivity index (χ0) is 23.0. The molecule has 184 valence electrons. The van der Waals surface area contributed by atoms with Gasteiger partial charge >= 0.3 is 0 Å². The smallest absolute Gasteiger partial charge is 0.224 e. The lowest BCUT2D eigenvalue weighted by molar-refractivity contribution is -0.128. The maximum atomic E-state index is 13.1. The first-order valence-electron chi connectivity index (χ1n) is 12.3. The van der Waals surface area contributed by atoms with E-state index in [1.807, 2.05) is 12.1 Å². The molecule has 3 saturated heterocycles. The summed E-state index contributed by atoms with van der Waals surface area (Å²) < 4.78 is 22.1. The molecule has 8 heteroatoms. The molecule has 0 unspecified atom stereocenters. The number of benzene rings is 1. The van der Waals surface area contributed by atoms with E-state index in [1.165, 1.54) is 0 Å². The SMILES string of the molecule is COc1ccc(CN2C[C@@H](CN3CCOCC3)C[C@@H](C(=O)NC[C@@H]3CCCO3)C2)cc1OC. The van der Waals surface area contributed by atoms with Crippen LogP contribution in [-0.2, 0) is 20.8 Å². The second-order valence-electron chi connectivity index (χ2n) is 9.48. The first-order valence-corrected chi connectivity index (χ1v) is 12.3. The number of carbonyl (C=O) groups is 1. The molecule has 1 aromatic carbocycles. The van der Waals surface area contributed by atoms with E-state index < -0.39 is 0 Å². The van der Waals surface area contributed by atoms with E-state index in [2.05, 4.69) is 21.2 Å². The predicted octanol–water partition coefficient (Wildman–Crippen LogP) is 1.77. The number of methoxy groups -OCH3 is 2. The van der Waals surface area contributed by atoms with E-state index in [-0.39, 0.29) is 17.9 Å². The van der Waals surface area contributed by atoms with Crippen LogP contribution in [0.25, 0.3) is 0 Å². The molecule has 33 heavy (non-hydrogen) atoms. The lowest BCUT2D eigenvalue weighted by Crippen LogP contribution is -2.50. The summed E-state index contributed by atoms with van der Waals surface area (Å²) in [5, 5.41) is 3.18. The molecule has 1 N–H and O–H groups in total. The normalized spacial score (nSPS) is 26.8. The number of carbonyl (C=O) groups excluding carboxylic acids is 1. The van der Waals surface area contributed by atoms with Gasteiger partial charge in [0.05, 0.1) is 39.5 Å². The van der Waals surface area contributed by atoms with Gasteiger partial charge in [-0.25, -0.2) is 0 Å². The van der Waals surface area contributed by atoms with Crippen molar-refractivity contribution < 1.29 is 23.7 Å². The van der Waals surface area contributed by atoms with Crippen molar-refractivity contribution in [2.45, 2.75) is 31.9 Å². The highest BCUT2D eigenvalue weighted by Crippen LogP contribution is 2.30. The molecular weight excluding hydrogens is 422 g/mol. The molecule has 3 heterocycles. The molecule has 3 atom stereocenters. The minimum absolute atomic E-state index is 0.00802. The Hall–Kier alpha value is -1.87. The van der Waals surface area contributed by atoms with Gasteiger partial charge < -0.3 is 24.3 Å². The average molecular weight is 462 g/mol. The number of amides is 1. The fraction of sp³-hybridized carbons (Fsp3) is 0.720. The van der Waals surface area contributed by atoms with Crippen molar-refractivity contribution in [2.75, 3.05) is 73.3 Å². The third-order valence-electron chi connectivity index (χ3n) is 6.99. The number of hydrogen-bond donors (Lipinski definition) is 1. The number of morpholine rings is 1. The summed E-state index contributed by atoms with van der Waals surface area (Å²) in [6.45, 7) is 8.54. The van der Waals surface area contributed by atoms with Crippen LogP contribution in [0, 0.1) is 11.8 Å². The van der Waals surface area contributed by atoms with Gasteiger partial charge in [0.25, 0.3) is 0 Å². The quantitative estimate of drug-likeness (QED) is 0.601. The summed E-state index contributed by atoms with van der Waals surface area (Å²) >= 11 is 0. The second kappa shape index (κ2) is 12.0. The Morgan fingerprint density at radius 3 is 2.64 bits per heavy atom. The highest BCUT2D eigenvalue weighted by atomic mass is 16.5. The third-order valence-corrected chi connectivity index (χ3v) is 6.99. The molecule has 8 nitrogen and oxygen atoms in total. The van der Waals surface area contributed by atoms with Crippen LogP contribution in [0.2, 0.25) is 0 Å². The van der Waals surface area contributed by atoms with Crippen LogP contribution in [0.1, 0.15) is 24.8 Å². The maximum Gasteiger partial charge on any atom is 0.224 e. The van der Waals surface area contributed by atoms with E-state index in [0.717, 1.165) is 95.4 Å². The standard InChI is InChI=1S/C25H39N3O5/c1-30-23-6-5-19(13-24(23)31-2)15-28-17-20(16-27-7-10-32-11-8-27)12-21(18-28)25(29)26-14-22-4-3-9-33-22/h5-6,13,20-22H,3-4,7-12,14-18H2,1-2H3,(H,26,29)/t20-,21-,22+/m1/s1. The topological polar surface area (TPSA) is 72.5 Å². The number of hydrogen-bond acceptors (Lipinski definition) is 7. The van der Waals surface area contributed by atoms with E-state index in [9.17, 15) is 4.79 Å². The summed E-state index contributed by atoms with van der Waals surface area (Å²) in [6, 6.07) is 6.07. The second-order valence-corrected chi connectivity index (χ2v) is 9.48. The number of rotatable bonds is 9. The van der Waals surface area contributed by atoms with E-state index >= 15 is 0 Å². The summed E-state index contributed by atoms with van der Waals surface area (Å²) in [7, 11) is 3.31. The number of nitrogens with zero attached hydrogens (tertiary/aromatic N) is 2. The van der Waals surface area contributed by atoms with Gasteiger partial charge in [0.1, 0.15) is 0 Å². The fourth-order valence-corrected chi connectivity index (χ4v) is 5.30. The number of likely N-dealkylation sites (tertiary alicyclic amines) is 1. The van der Waals surface area contributed by atoms with Gasteiger partial charge in [0, 0.05) is 52.4 Å². The highest BCUT2D eigenvalue weighted by molar-refractivity contribution is 5.79. The summed E-state index contributed by atoms with van der Waals surface area (Å²) in [6.07, 6.45) is 3.22. The maximum absolute atomic E-state index is 13.1. The van der Waals surface area contributed by atoms with Gasteiger partial charge in [0.2, 0.25) is 5.91 Å². The molecule has 1 amide bonds. The molecule has 0 aliphatic carbocycles. The van der Waals surface area contributed by atoms with Crippen LogP contribution in [0.4, 0.5) is 0 Å². The number of piperidine rings is 1. The van der Waals surface area contributed by atoms with Gasteiger partial charge in [-0.1, -0.05) is 6.07 Å². The summed E-state index contributed by atoms with van der Waals surface area (Å²) in [4.78, 5) is 18.0. The first-order chi connectivity index (χ1) is 16.1. The average Bonchev–Trinajstić information content (AvgIpc) is 3.36. The molecule has 3 aliphatic heterocycles. The molecule has 0 saturated carbocycles. The molecule has 4 rings (SSSR count). The van der Waals surface area contributed by atoms with Crippen LogP contribution in [0.5, 0.6) is 11.5 Å². The summed E-state index contributed by atoms with van der Waals surface area (Å²) in [5.74, 6) is 2.08. The zero-order valence-electron chi connectivity index (χ0n) is 20.1. The van der Waals surface area contributed by atoms with E-state index in [4.69, 9.17) is 18.9 Å². The third kappa shape index (κ3) is 6.82. The Kier molecular flexibility index (Phi) is 8.83. The van der Waals surface area contributed by atoms with Gasteiger partial charge in [-0.05, 0) is 42.9 Å². The van der Waals surface area contributed by atoms with Gasteiger partial charge in [0.15, 0.2) is 11.5 Å². The number of ether oxygens (including phenoxy) is 4. The monoisotopic (exact) mass is 461 g/mol. The van der Waals surface area contributed by atoms with E-state index in [0.29, 0.717) is 12.5 Å². The lowest BCUT2D eigenvalue weighted by atomic mass is 9.87. The van der Waals surface area contributed by atoms with Gasteiger partial charge in [-0.2, -0.15) is 0 Å².